The highest BCUT2D eigenvalue weighted by atomic mass is 16.7. The summed E-state index contributed by atoms with van der Waals surface area (Å²) in [7, 11) is 0. The molecule has 17 heteroatoms. The average Bonchev–Trinajstić information content (AvgIpc) is 3.10. The average molecular weight is 745 g/mol. The standard InChI is InChI=1S/C36H44N2O15/c1-19(39)37-28-32(53-34(45)25-14-10-7-11-15-25)30(44)26(51-35(28)47-16-24-12-8-6-9-13-24)17-48-36-29(38-20(2)40)33(50-23(5)43)31(49-22(4)42)27(52-36)18-46-21(3)41/h6-15,26-33,35-36,44H,16-18H2,1-5H3,(H,37,39)(H,38,40). The molecule has 53 heavy (non-hydrogen) atoms. The zero-order valence-corrected chi connectivity index (χ0v) is 29.8. The van der Waals surface area contributed by atoms with Gasteiger partial charge in [-0.15, -0.1) is 0 Å². The lowest BCUT2D eigenvalue weighted by molar-refractivity contribution is -0.306. The van der Waals surface area contributed by atoms with Gasteiger partial charge in [-0.2, -0.15) is 0 Å². The molecule has 10 atom stereocenters. The maximum atomic E-state index is 13.3. The molecular formula is C36H44N2O15. The summed E-state index contributed by atoms with van der Waals surface area (Å²) in [6.45, 7) is 4.79. The van der Waals surface area contributed by atoms with Crippen LogP contribution in [0.15, 0.2) is 60.7 Å². The van der Waals surface area contributed by atoms with Gasteiger partial charge in [0.1, 0.15) is 37.0 Å². The fourth-order valence-corrected chi connectivity index (χ4v) is 5.87. The van der Waals surface area contributed by atoms with Crippen LogP contribution in [0.4, 0.5) is 0 Å². The molecule has 17 nitrogen and oxygen atoms in total. The molecule has 10 unspecified atom stereocenters. The van der Waals surface area contributed by atoms with Crippen LogP contribution in [0, 0.1) is 0 Å². The third kappa shape index (κ3) is 11.8. The molecule has 2 amide bonds. The summed E-state index contributed by atoms with van der Waals surface area (Å²) in [5, 5.41) is 16.9. The number of carbonyl (C=O) groups is 6. The van der Waals surface area contributed by atoms with Crippen molar-refractivity contribution in [3.63, 3.8) is 0 Å². The number of benzene rings is 2. The van der Waals surface area contributed by atoms with E-state index in [1.165, 1.54) is 26.0 Å². The molecular weight excluding hydrogens is 700 g/mol. The van der Waals surface area contributed by atoms with Crippen molar-refractivity contribution in [1.82, 2.24) is 10.6 Å². The van der Waals surface area contributed by atoms with Crippen molar-refractivity contribution in [3.8, 4) is 0 Å². The Balaban J connectivity index is 1.66. The Hall–Kier alpha value is -4.94. The van der Waals surface area contributed by atoms with Gasteiger partial charge in [-0.3, -0.25) is 24.0 Å². The van der Waals surface area contributed by atoms with Gasteiger partial charge in [0.05, 0.1) is 18.8 Å². The number of hydrogen-bond acceptors (Lipinski definition) is 15. The summed E-state index contributed by atoms with van der Waals surface area (Å²) < 4.78 is 46.3. The van der Waals surface area contributed by atoms with Crippen molar-refractivity contribution in [3.05, 3.63) is 71.8 Å². The van der Waals surface area contributed by atoms with Crippen LogP contribution in [-0.2, 0) is 68.5 Å². The van der Waals surface area contributed by atoms with Crippen LogP contribution in [0.5, 0.6) is 0 Å². The summed E-state index contributed by atoms with van der Waals surface area (Å²) in [4.78, 5) is 74.1. The monoisotopic (exact) mass is 744 g/mol. The minimum Gasteiger partial charge on any atom is -0.463 e. The van der Waals surface area contributed by atoms with Crippen LogP contribution >= 0.6 is 0 Å². The Kier molecular flexibility index (Phi) is 14.8. The largest absolute Gasteiger partial charge is 0.463 e. The zero-order valence-electron chi connectivity index (χ0n) is 29.8. The lowest BCUT2D eigenvalue weighted by Crippen LogP contribution is -2.68. The van der Waals surface area contributed by atoms with Gasteiger partial charge in [-0.05, 0) is 17.7 Å². The first-order valence-electron chi connectivity index (χ1n) is 16.8. The smallest absolute Gasteiger partial charge is 0.338 e. The third-order valence-corrected chi connectivity index (χ3v) is 8.05. The molecule has 3 N–H and O–H groups in total. The zero-order chi connectivity index (χ0) is 38.7. The van der Waals surface area contributed by atoms with Crippen molar-refractivity contribution in [1.29, 1.82) is 0 Å². The Labute approximate surface area is 305 Å². The molecule has 4 rings (SSSR count). The minimum absolute atomic E-state index is 0.000385. The molecule has 0 radical (unpaired) electrons. The Morgan fingerprint density at radius 3 is 1.72 bits per heavy atom. The van der Waals surface area contributed by atoms with E-state index in [-0.39, 0.29) is 12.2 Å². The van der Waals surface area contributed by atoms with Gasteiger partial charge >= 0.3 is 23.9 Å². The summed E-state index contributed by atoms with van der Waals surface area (Å²) in [6.07, 6.45) is -11.2. The van der Waals surface area contributed by atoms with Gasteiger partial charge in [0.15, 0.2) is 30.9 Å². The van der Waals surface area contributed by atoms with Crippen molar-refractivity contribution >= 4 is 35.7 Å². The Morgan fingerprint density at radius 2 is 1.15 bits per heavy atom. The molecule has 0 bridgehead atoms. The molecule has 0 aromatic heterocycles. The molecule has 2 aromatic rings. The molecule has 288 valence electrons. The molecule has 0 spiro atoms. The highest BCUT2D eigenvalue weighted by Gasteiger charge is 2.53. The first kappa shape index (κ1) is 40.8. The van der Waals surface area contributed by atoms with Gasteiger partial charge < -0.3 is 53.6 Å². The van der Waals surface area contributed by atoms with Gasteiger partial charge in [0.2, 0.25) is 11.8 Å². The molecule has 2 fully saturated rings. The van der Waals surface area contributed by atoms with E-state index in [1.54, 1.807) is 42.5 Å². The SMILES string of the molecule is CC(=O)NC1C(OCc2ccccc2)OC(COC2OC(COC(C)=O)C(OC(C)=O)C(OC(C)=O)C2NC(C)=O)C(O)C1OC(=O)c1ccccc1. The molecule has 2 aliphatic rings. The molecule has 0 aliphatic carbocycles. The number of hydrogen-bond donors (Lipinski definition) is 3. The first-order valence-corrected chi connectivity index (χ1v) is 16.8. The summed E-state index contributed by atoms with van der Waals surface area (Å²) in [5.41, 5.74) is 0.926. The summed E-state index contributed by atoms with van der Waals surface area (Å²) in [5.74, 6) is -4.20. The van der Waals surface area contributed by atoms with E-state index in [4.69, 9.17) is 37.9 Å². The lowest BCUT2D eigenvalue weighted by Gasteiger charge is -2.46. The normalized spacial score (nSPS) is 28.1. The second kappa shape index (κ2) is 19.2. The highest BCUT2D eigenvalue weighted by Crippen LogP contribution is 2.31. The first-order chi connectivity index (χ1) is 25.2. The Bertz CT molecular complexity index is 1570. The van der Waals surface area contributed by atoms with E-state index in [0.29, 0.717) is 0 Å². The molecule has 2 aromatic carbocycles. The Morgan fingerprint density at radius 1 is 0.623 bits per heavy atom. The predicted molar refractivity (Wildman–Crippen MR) is 179 cm³/mol. The summed E-state index contributed by atoms with van der Waals surface area (Å²) >= 11 is 0. The van der Waals surface area contributed by atoms with Crippen molar-refractivity contribution < 1.29 is 71.8 Å². The molecule has 2 saturated heterocycles. The second-order valence-electron chi connectivity index (χ2n) is 12.3. The van der Waals surface area contributed by atoms with Crippen LogP contribution in [0.3, 0.4) is 0 Å². The molecule has 0 saturated carbocycles. The number of amides is 2. The van der Waals surface area contributed by atoms with Crippen LogP contribution in [0.2, 0.25) is 0 Å². The number of carbonyl (C=O) groups excluding carboxylic acids is 6. The number of esters is 4. The van der Waals surface area contributed by atoms with E-state index in [0.717, 1.165) is 26.3 Å². The number of rotatable bonds is 14. The second-order valence-corrected chi connectivity index (χ2v) is 12.3. The van der Waals surface area contributed by atoms with E-state index in [1.807, 2.05) is 6.07 Å². The van der Waals surface area contributed by atoms with E-state index >= 15 is 0 Å². The molecule has 2 aliphatic heterocycles. The minimum atomic E-state index is -1.64. The van der Waals surface area contributed by atoms with E-state index < -0.39 is 110 Å². The number of aliphatic hydroxyl groups is 1. The highest BCUT2D eigenvalue weighted by molar-refractivity contribution is 5.89. The van der Waals surface area contributed by atoms with Gasteiger partial charge in [0, 0.05) is 34.6 Å². The number of nitrogens with one attached hydrogen (secondary N) is 2. The summed E-state index contributed by atoms with van der Waals surface area (Å²) in [6, 6.07) is 14.5. The van der Waals surface area contributed by atoms with Crippen molar-refractivity contribution in [2.24, 2.45) is 0 Å². The fraction of sp³-hybridized carbons (Fsp3) is 0.500. The van der Waals surface area contributed by atoms with Gasteiger partial charge in [0.25, 0.3) is 0 Å². The maximum Gasteiger partial charge on any atom is 0.338 e. The lowest BCUT2D eigenvalue weighted by atomic mass is 9.95. The fourth-order valence-electron chi connectivity index (χ4n) is 5.87. The topological polar surface area (TPSA) is 221 Å². The van der Waals surface area contributed by atoms with Crippen LogP contribution < -0.4 is 10.6 Å². The van der Waals surface area contributed by atoms with Gasteiger partial charge in [-0.25, -0.2) is 4.79 Å². The number of ether oxygens (including phenoxy) is 8. The predicted octanol–water partition coefficient (Wildman–Crippen LogP) is 0.692. The third-order valence-electron chi connectivity index (χ3n) is 8.05. The maximum absolute atomic E-state index is 13.3. The molecule has 2 heterocycles. The van der Waals surface area contributed by atoms with Gasteiger partial charge in [-0.1, -0.05) is 48.5 Å². The van der Waals surface area contributed by atoms with Crippen LogP contribution in [-0.4, -0.2) is 115 Å². The van der Waals surface area contributed by atoms with Crippen molar-refractivity contribution in [2.75, 3.05) is 13.2 Å². The van der Waals surface area contributed by atoms with Crippen LogP contribution in [0.1, 0.15) is 50.5 Å². The number of aliphatic hydroxyl groups excluding tert-OH is 1. The van der Waals surface area contributed by atoms with Crippen molar-refractivity contribution in [2.45, 2.75) is 103 Å². The quantitative estimate of drug-likeness (QED) is 0.179. The van der Waals surface area contributed by atoms with Crippen LogP contribution in [0.25, 0.3) is 0 Å². The van der Waals surface area contributed by atoms with E-state index in [2.05, 4.69) is 10.6 Å². The van der Waals surface area contributed by atoms with E-state index in [9.17, 15) is 33.9 Å².